The first kappa shape index (κ1) is 15.6. The normalized spacial score (nSPS) is 26.7. The Kier molecular flexibility index (Phi) is 4.45. The van der Waals surface area contributed by atoms with Crippen molar-refractivity contribution in [3.63, 3.8) is 0 Å². The highest BCUT2D eigenvalue weighted by Gasteiger charge is 2.40. The van der Waals surface area contributed by atoms with Gasteiger partial charge >= 0.3 is 0 Å². The minimum atomic E-state index is 0.647. The number of aryl methyl sites for hydroxylation is 1. The lowest BCUT2D eigenvalue weighted by Crippen LogP contribution is -2.33. The number of hydrogen-bond acceptors (Lipinski definition) is 2. The molecule has 1 aromatic rings. The van der Waals surface area contributed by atoms with Gasteiger partial charge in [0.1, 0.15) is 0 Å². The maximum atomic E-state index is 2.71. The van der Waals surface area contributed by atoms with Crippen molar-refractivity contribution in [3.05, 3.63) is 40.4 Å². The van der Waals surface area contributed by atoms with Gasteiger partial charge in [-0.1, -0.05) is 43.9 Å². The molecule has 1 heterocycles. The highest BCUT2D eigenvalue weighted by Crippen LogP contribution is 2.53. The predicted molar refractivity (Wildman–Crippen MR) is 102 cm³/mol. The van der Waals surface area contributed by atoms with Crippen LogP contribution in [0.3, 0.4) is 0 Å². The second-order valence-corrected chi connectivity index (χ2v) is 8.80. The molecular formula is C21H29NS. The third-order valence-electron chi connectivity index (χ3n) is 6.12. The SMILES string of the molecule is CC1=C(C2CCCC2)SC(C2CCCC2)N1c1ccccc1C. The van der Waals surface area contributed by atoms with E-state index < -0.39 is 0 Å². The topological polar surface area (TPSA) is 3.24 Å². The summed E-state index contributed by atoms with van der Waals surface area (Å²) in [6.45, 7) is 4.66. The molecule has 2 saturated carbocycles. The number of allylic oxidation sites excluding steroid dienone is 2. The Hall–Kier alpha value is -0.890. The lowest BCUT2D eigenvalue weighted by molar-refractivity contribution is 0.521. The van der Waals surface area contributed by atoms with Crippen molar-refractivity contribution in [1.29, 1.82) is 0 Å². The van der Waals surface area contributed by atoms with E-state index in [0.717, 1.165) is 11.8 Å². The smallest absolute Gasteiger partial charge is 0.0868 e. The van der Waals surface area contributed by atoms with Gasteiger partial charge in [0.15, 0.2) is 0 Å². The lowest BCUT2D eigenvalue weighted by Gasteiger charge is -2.33. The summed E-state index contributed by atoms with van der Waals surface area (Å²) in [4.78, 5) is 4.44. The van der Waals surface area contributed by atoms with E-state index in [9.17, 15) is 0 Å². The minimum Gasteiger partial charge on any atom is -0.331 e. The Bertz CT molecular complexity index is 594. The third kappa shape index (κ3) is 2.84. The maximum absolute atomic E-state index is 2.71. The van der Waals surface area contributed by atoms with Crippen molar-refractivity contribution in [2.45, 2.75) is 70.6 Å². The molecule has 0 N–H and O–H groups in total. The second kappa shape index (κ2) is 6.55. The van der Waals surface area contributed by atoms with Gasteiger partial charge < -0.3 is 4.90 Å². The van der Waals surface area contributed by atoms with Crippen LogP contribution < -0.4 is 4.90 Å². The summed E-state index contributed by atoms with van der Waals surface area (Å²) in [5.41, 5.74) is 4.43. The van der Waals surface area contributed by atoms with Crippen LogP contribution in [0.25, 0.3) is 0 Å². The summed E-state index contributed by atoms with van der Waals surface area (Å²) in [6.07, 6.45) is 11.4. The highest BCUT2D eigenvalue weighted by atomic mass is 32.2. The zero-order chi connectivity index (χ0) is 15.8. The van der Waals surface area contributed by atoms with Gasteiger partial charge in [0.2, 0.25) is 0 Å². The molecule has 0 bridgehead atoms. The van der Waals surface area contributed by atoms with Crippen molar-refractivity contribution < 1.29 is 0 Å². The molecule has 1 aromatic carbocycles. The molecule has 2 fully saturated rings. The van der Waals surface area contributed by atoms with E-state index >= 15 is 0 Å². The number of nitrogens with zero attached hydrogens (tertiary/aromatic N) is 1. The van der Waals surface area contributed by atoms with Crippen molar-refractivity contribution in [2.24, 2.45) is 11.8 Å². The monoisotopic (exact) mass is 327 g/mol. The summed E-state index contributed by atoms with van der Waals surface area (Å²) >= 11 is 2.23. The van der Waals surface area contributed by atoms with Gasteiger partial charge in [0, 0.05) is 16.3 Å². The third-order valence-corrected chi connectivity index (χ3v) is 7.84. The van der Waals surface area contributed by atoms with Crippen LogP contribution in [0.15, 0.2) is 34.9 Å². The van der Waals surface area contributed by atoms with Gasteiger partial charge in [-0.3, -0.25) is 0 Å². The molecule has 3 aliphatic rings. The first-order chi connectivity index (χ1) is 11.3. The molecule has 0 saturated heterocycles. The molecule has 124 valence electrons. The van der Waals surface area contributed by atoms with Gasteiger partial charge in [-0.05, 0) is 63.0 Å². The summed E-state index contributed by atoms with van der Waals surface area (Å²) in [6, 6.07) is 8.98. The first-order valence-electron chi connectivity index (χ1n) is 9.48. The van der Waals surface area contributed by atoms with Crippen molar-refractivity contribution in [2.75, 3.05) is 4.90 Å². The van der Waals surface area contributed by atoms with E-state index in [1.165, 1.54) is 62.6 Å². The number of thioether (sulfide) groups is 1. The first-order valence-corrected chi connectivity index (χ1v) is 10.4. The molecule has 1 atom stereocenters. The van der Waals surface area contributed by atoms with E-state index in [2.05, 4.69) is 54.8 Å². The summed E-state index contributed by atoms with van der Waals surface area (Å²) in [5.74, 6) is 1.71. The van der Waals surface area contributed by atoms with Crippen LogP contribution in [0.2, 0.25) is 0 Å². The van der Waals surface area contributed by atoms with Crippen LogP contribution in [0.1, 0.15) is 63.9 Å². The number of benzene rings is 1. The molecular weight excluding hydrogens is 298 g/mol. The number of rotatable bonds is 3. The standard InChI is InChI=1S/C21H29NS/c1-15-9-3-8-14-19(15)22-16(2)20(17-10-4-5-11-17)23-21(22)18-12-6-7-13-18/h3,8-9,14,17-18,21H,4-7,10-13H2,1-2H3. The predicted octanol–water partition coefficient (Wildman–Crippen LogP) is 6.49. The van der Waals surface area contributed by atoms with Crippen molar-refractivity contribution >= 4 is 17.4 Å². The molecule has 0 radical (unpaired) electrons. The van der Waals surface area contributed by atoms with Crippen LogP contribution in [-0.4, -0.2) is 5.37 Å². The average Bonchev–Trinajstić information content (AvgIpc) is 3.28. The zero-order valence-electron chi connectivity index (χ0n) is 14.6. The Morgan fingerprint density at radius 3 is 2.26 bits per heavy atom. The molecule has 0 amide bonds. The Morgan fingerprint density at radius 1 is 0.913 bits per heavy atom. The summed E-state index contributed by atoms with van der Waals surface area (Å²) in [5, 5.41) is 0.647. The molecule has 0 spiro atoms. The number of hydrogen-bond donors (Lipinski definition) is 0. The molecule has 1 unspecified atom stereocenters. The van der Waals surface area contributed by atoms with Gasteiger partial charge in [-0.2, -0.15) is 0 Å². The molecule has 4 rings (SSSR count). The van der Waals surface area contributed by atoms with Gasteiger partial charge in [0.05, 0.1) is 5.37 Å². The average molecular weight is 328 g/mol. The molecule has 1 nitrogen and oxygen atoms in total. The van der Waals surface area contributed by atoms with E-state index in [-0.39, 0.29) is 0 Å². The fourth-order valence-electron chi connectivity index (χ4n) is 4.86. The zero-order valence-corrected chi connectivity index (χ0v) is 15.4. The van der Waals surface area contributed by atoms with Crippen molar-refractivity contribution in [3.8, 4) is 0 Å². The Balaban J connectivity index is 1.71. The second-order valence-electron chi connectivity index (χ2n) is 7.64. The molecule has 23 heavy (non-hydrogen) atoms. The summed E-state index contributed by atoms with van der Waals surface area (Å²) < 4.78 is 0. The van der Waals surface area contributed by atoms with Crippen molar-refractivity contribution in [1.82, 2.24) is 0 Å². The molecule has 1 aliphatic heterocycles. The van der Waals surface area contributed by atoms with Gasteiger partial charge in [-0.15, -0.1) is 11.8 Å². The number of anilines is 1. The quantitative estimate of drug-likeness (QED) is 0.624. The number of para-hydroxylation sites is 1. The van der Waals surface area contributed by atoms with E-state index in [4.69, 9.17) is 0 Å². The molecule has 2 heteroatoms. The van der Waals surface area contributed by atoms with E-state index in [1.54, 1.807) is 10.6 Å². The van der Waals surface area contributed by atoms with Crippen LogP contribution in [-0.2, 0) is 0 Å². The molecule has 0 aromatic heterocycles. The Morgan fingerprint density at radius 2 is 1.57 bits per heavy atom. The van der Waals surface area contributed by atoms with E-state index in [1.807, 2.05) is 0 Å². The highest BCUT2D eigenvalue weighted by molar-refractivity contribution is 8.04. The molecule has 2 aliphatic carbocycles. The van der Waals surface area contributed by atoms with Crippen LogP contribution in [0.4, 0.5) is 5.69 Å². The maximum Gasteiger partial charge on any atom is 0.0868 e. The van der Waals surface area contributed by atoms with Crippen LogP contribution >= 0.6 is 11.8 Å². The summed E-state index contributed by atoms with van der Waals surface area (Å²) in [7, 11) is 0. The minimum absolute atomic E-state index is 0.647. The Labute approximate surface area is 145 Å². The van der Waals surface area contributed by atoms with Gasteiger partial charge in [0.25, 0.3) is 0 Å². The lowest BCUT2D eigenvalue weighted by atomic mass is 10.0. The largest absolute Gasteiger partial charge is 0.331 e. The fraction of sp³-hybridized carbons (Fsp3) is 0.619. The van der Waals surface area contributed by atoms with Crippen LogP contribution in [0, 0.1) is 18.8 Å². The van der Waals surface area contributed by atoms with E-state index in [0.29, 0.717) is 5.37 Å². The van der Waals surface area contributed by atoms with Crippen LogP contribution in [0.5, 0.6) is 0 Å². The van der Waals surface area contributed by atoms with Gasteiger partial charge in [-0.25, -0.2) is 0 Å². The fourth-order valence-corrected chi connectivity index (χ4v) is 6.66.